The van der Waals surface area contributed by atoms with Gasteiger partial charge in [0, 0.05) is 0 Å². The Hall–Kier alpha value is -1.26. The van der Waals surface area contributed by atoms with E-state index in [1.165, 1.54) is 0 Å². The van der Waals surface area contributed by atoms with Crippen molar-refractivity contribution in [2.24, 2.45) is 0 Å². The number of carbonyl (C=O) groups excluding carboxylic acids is 1. The van der Waals surface area contributed by atoms with Gasteiger partial charge in [-0.3, -0.25) is 0 Å². The monoisotopic (exact) mass is 316 g/mol. The minimum Gasteiger partial charge on any atom is -0.442 e. The average molecular weight is 318 g/mol. The minimum atomic E-state index is -0.505. The number of furan rings is 1. The van der Waals surface area contributed by atoms with Crippen molar-refractivity contribution in [3.05, 3.63) is 52.4 Å². The van der Waals surface area contributed by atoms with E-state index in [0.29, 0.717) is 10.4 Å². The summed E-state index contributed by atoms with van der Waals surface area (Å²) in [5.41, 5.74) is 1.11. The van der Waals surface area contributed by atoms with Gasteiger partial charge in [0.2, 0.25) is 5.76 Å². The molecule has 2 rings (SSSR count). The van der Waals surface area contributed by atoms with Gasteiger partial charge in [0.05, 0.1) is 0 Å². The number of hydrogen-bond donors (Lipinski definition) is 0. The third-order valence-electron chi connectivity index (χ3n) is 2.01. The predicted octanol–water partition coefficient (Wildman–Crippen LogP) is 3.99. The lowest BCUT2D eigenvalue weighted by Gasteiger charge is -2.01. The van der Waals surface area contributed by atoms with E-state index in [-0.39, 0.29) is 18.2 Å². The van der Waals surface area contributed by atoms with Crippen molar-refractivity contribution in [2.45, 2.75) is 6.92 Å². The first-order chi connectivity index (χ1) is 7.65. The fourth-order valence-corrected chi connectivity index (χ4v) is 1.49. The number of benzene rings is 1. The Morgan fingerprint density at radius 2 is 1.82 bits per heavy atom. The molecule has 0 saturated carbocycles. The lowest BCUT2D eigenvalue weighted by molar-refractivity contribution is 0.0700. The van der Waals surface area contributed by atoms with E-state index in [1.54, 1.807) is 24.3 Å². The summed E-state index contributed by atoms with van der Waals surface area (Å²) < 4.78 is 10.7. The first kappa shape index (κ1) is 13.8. The summed E-state index contributed by atoms with van der Waals surface area (Å²) in [5, 5.41) is 0. The molecule has 1 aromatic heterocycles. The van der Waals surface area contributed by atoms with Crippen molar-refractivity contribution in [3.8, 4) is 5.75 Å². The second-order valence-corrected chi connectivity index (χ2v) is 4.09. The molecule has 0 aliphatic rings. The van der Waals surface area contributed by atoms with Crippen LogP contribution in [0.1, 0.15) is 16.1 Å². The molecule has 17 heavy (non-hydrogen) atoms. The quantitative estimate of drug-likeness (QED) is 0.621. The van der Waals surface area contributed by atoms with E-state index >= 15 is 0 Å². The van der Waals surface area contributed by atoms with Gasteiger partial charge in [0.25, 0.3) is 0 Å². The molecule has 0 radical (unpaired) electrons. The maximum absolute atomic E-state index is 11.6. The van der Waals surface area contributed by atoms with Crippen molar-refractivity contribution < 1.29 is 13.9 Å². The molecule has 1 heterocycles. The normalized spacial score (nSPS) is 9.53. The number of hydrogen-bond acceptors (Lipinski definition) is 3. The molecule has 2 aromatic rings. The van der Waals surface area contributed by atoms with Crippen LogP contribution in [0.25, 0.3) is 0 Å². The Balaban J connectivity index is 0.00000144. The zero-order valence-corrected chi connectivity index (χ0v) is 11.4. The fraction of sp³-hybridized carbons (Fsp3) is 0.0833. The van der Waals surface area contributed by atoms with Crippen molar-refractivity contribution >= 4 is 34.3 Å². The number of halogens is 2. The Kier molecular flexibility index (Phi) is 4.78. The Morgan fingerprint density at radius 1 is 1.18 bits per heavy atom. The van der Waals surface area contributed by atoms with Crippen LogP contribution in [0.15, 0.2) is 45.5 Å². The lowest BCUT2D eigenvalue weighted by atomic mass is 10.2. The van der Waals surface area contributed by atoms with Crippen LogP contribution in [0.4, 0.5) is 0 Å². The van der Waals surface area contributed by atoms with Crippen LogP contribution in [-0.2, 0) is 0 Å². The number of aryl methyl sites for hydroxylation is 1. The molecule has 0 unspecified atom stereocenters. The van der Waals surface area contributed by atoms with E-state index < -0.39 is 5.97 Å². The molecule has 1 aromatic carbocycles. The van der Waals surface area contributed by atoms with Crippen LogP contribution < -0.4 is 4.74 Å². The summed E-state index contributed by atoms with van der Waals surface area (Å²) >= 11 is 3.12. The molecule has 0 atom stereocenters. The summed E-state index contributed by atoms with van der Waals surface area (Å²) in [4.78, 5) is 11.6. The van der Waals surface area contributed by atoms with E-state index in [4.69, 9.17) is 9.15 Å². The van der Waals surface area contributed by atoms with E-state index in [9.17, 15) is 4.79 Å². The summed E-state index contributed by atoms with van der Waals surface area (Å²) in [6, 6.07) is 10.4. The highest BCUT2D eigenvalue weighted by molar-refractivity contribution is 9.10. The minimum absolute atomic E-state index is 0. The van der Waals surface area contributed by atoms with Crippen LogP contribution >= 0.6 is 28.3 Å². The van der Waals surface area contributed by atoms with E-state index in [2.05, 4.69) is 15.9 Å². The van der Waals surface area contributed by atoms with Gasteiger partial charge >= 0.3 is 5.97 Å². The SMILES string of the molecule is Cc1ccc(OC(=O)c2ccc(Br)o2)cc1.Cl. The van der Waals surface area contributed by atoms with Crippen LogP contribution in [0.3, 0.4) is 0 Å². The van der Waals surface area contributed by atoms with Gasteiger partial charge in [0.15, 0.2) is 4.67 Å². The average Bonchev–Trinajstić information content (AvgIpc) is 2.68. The molecule has 0 aliphatic heterocycles. The van der Waals surface area contributed by atoms with Gasteiger partial charge in [0.1, 0.15) is 5.75 Å². The highest BCUT2D eigenvalue weighted by Gasteiger charge is 2.12. The van der Waals surface area contributed by atoms with Crippen LogP contribution in [-0.4, -0.2) is 5.97 Å². The van der Waals surface area contributed by atoms with Gasteiger partial charge in [-0.25, -0.2) is 4.79 Å². The van der Waals surface area contributed by atoms with Crippen LogP contribution in [0, 0.1) is 6.92 Å². The molecule has 3 nitrogen and oxygen atoms in total. The van der Waals surface area contributed by atoms with Gasteiger partial charge in [-0.1, -0.05) is 17.7 Å². The molecule has 90 valence electrons. The molecule has 0 bridgehead atoms. The maximum Gasteiger partial charge on any atom is 0.379 e. The number of ether oxygens (including phenoxy) is 1. The number of carbonyl (C=O) groups is 1. The molecular weight excluding hydrogens is 307 g/mol. The second-order valence-electron chi connectivity index (χ2n) is 3.31. The molecule has 0 aliphatic carbocycles. The smallest absolute Gasteiger partial charge is 0.379 e. The van der Waals surface area contributed by atoms with Crippen molar-refractivity contribution in [1.82, 2.24) is 0 Å². The number of rotatable bonds is 2. The third-order valence-corrected chi connectivity index (χ3v) is 2.43. The van der Waals surface area contributed by atoms with Crippen molar-refractivity contribution in [2.75, 3.05) is 0 Å². The Morgan fingerprint density at radius 3 is 2.35 bits per heavy atom. The predicted molar refractivity (Wildman–Crippen MR) is 69.8 cm³/mol. The Labute approximate surface area is 113 Å². The third kappa shape index (κ3) is 3.61. The fourth-order valence-electron chi connectivity index (χ4n) is 1.19. The molecule has 0 amide bonds. The van der Waals surface area contributed by atoms with Gasteiger partial charge < -0.3 is 9.15 Å². The van der Waals surface area contributed by atoms with Gasteiger partial charge in [-0.2, -0.15) is 0 Å². The molecule has 0 N–H and O–H groups in total. The summed E-state index contributed by atoms with van der Waals surface area (Å²) in [6.07, 6.45) is 0. The molecule has 0 saturated heterocycles. The van der Waals surface area contributed by atoms with Crippen molar-refractivity contribution in [1.29, 1.82) is 0 Å². The zero-order chi connectivity index (χ0) is 11.5. The highest BCUT2D eigenvalue weighted by atomic mass is 79.9. The summed E-state index contributed by atoms with van der Waals surface area (Å²) in [7, 11) is 0. The molecule has 5 heteroatoms. The first-order valence-electron chi connectivity index (χ1n) is 4.69. The maximum atomic E-state index is 11.6. The van der Waals surface area contributed by atoms with Crippen LogP contribution in [0.2, 0.25) is 0 Å². The zero-order valence-electron chi connectivity index (χ0n) is 8.98. The molecular formula is C12H10BrClO3. The van der Waals surface area contributed by atoms with Gasteiger partial charge in [-0.15, -0.1) is 12.4 Å². The molecule has 0 fully saturated rings. The highest BCUT2D eigenvalue weighted by Crippen LogP contribution is 2.17. The molecule has 0 spiro atoms. The van der Waals surface area contributed by atoms with Crippen molar-refractivity contribution in [3.63, 3.8) is 0 Å². The lowest BCUT2D eigenvalue weighted by Crippen LogP contribution is -2.06. The second kappa shape index (κ2) is 5.89. The Bertz CT molecular complexity index is 505. The number of esters is 1. The summed E-state index contributed by atoms with van der Waals surface area (Å²) in [6.45, 7) is 1.97. The first-order valence-corrected chi connectivity index (χ1v) is 5.48. The summed E-state index contributed by atoms with van der Waals surface area (Å²) in [5.74, 6) is 0.171. The van der Waals surface area contributed by atoms with Crippen LogP contribution in [0.5, 0.6) is 5.75 Å². The van der Waals surface area contributed by atoms with E-state index in [0.717, 1.165) is 5.56 Å². The van der Waals surface area contributed by atoms with E-state index in [1.807, 2.05) is 19.1 Å². The van der Waals surface area contributed by atoms with Gasteiger partial charge in [-0.05, 0) is 47.1 Å². The topological polar surface area (TPSA) is 39.4 Å². The largest absolute Gasteiger partial charge is 0.442 e. The standard InChI is InChI=1S/C12H9BrO3.ClH/c1-8-2-4-9(5-3-8)15-12(14)10-6-7-11(13)16-10;/h2-7H,1H3;1H.